The lowest BCUT2D eigenvalue weighted by Gasteiger charge is -2.70. The molecule has 254 valence electrons. The van der Waals surface area contributed by atoms with E-state index in [4.69, 9.17) is 9.47 Å². The van der Waals surface area contributed by atoms with Crippen molar-refractivity contribution in [2.24, 2.45) is 45.3 Å². The summed E-state index contributed by atoms with van der Waals surface area (Å²) in [6.07, 6.45) is 3.15. The second kappa shape index (κ2) is 11.8. The molecule has 44 heavy (non-hydrogen) atoms. The number of rotatable bonds is 7. The van der Waals surface area contributed by atoms with Gasteiger partial charge in [-0.25, -0.2) is 0 Å². The summed E-state index contributed by atoms with van der Waals surface area (Å²) in [5, 5.41) is 64.8. The van der Waals surface area contributed by atoms with Crippen LogP contribution in [0.15, 0.2) is 11.6 Å². The highest BCUT2D eigenvalue weighted by molar-refractivity contribution is 5.20. The van der Waals surface area contributed by atoms with E-state index in [1.165, 1.54) is 5.57 Å². The molecular formula is C36H62O8. The minimum Gasteiger partial charge on any atom is -0.394 e. The molecule has 1 heterocycles. The van der Waals surface area contributed by atoms with Crippen LogP contribution in [0.5, 0.6) is 0 Å². The Labute approximate surface area is 265 Å². The highest BCUT2D eigenvalue weighted by Gasteiger charge is 2.71. The van der Waals surface area contributed by atoms with Crippen molar-refractivity contribution >= 4 is 0 Å². The molecule has 1 unspecified atom stereocenters. The van der Waals surface area contributed by atoms with Gasteiger partial charge in [-0.15, -0.1) is 0 Å². The van der Waals surface area contributed by atoms with Crippen molar-refractivity contribution < 1.29 is 40.1 Å². The standard InChI is InChI=1S/C36H62O8/c1-20(2)10-9-14-36(8,42)21-11-16-35(7)27(21)22(38)18-25-33(5)15-13-26(32(3,4)24(33)12-17-34(25,35)6)44-31-30(41)29(40)28(39)23(19-37)43-31/h10,21-31,37-42H,9,11-19H2,1-8H3/t21-,22+,23+,24+,25+,26-,27?,28+,29-,30-,31-,33-,34+,35+,36-/m0/s1. The molecule has 4 aliphatic carbocycles. The predicted molar refractivity (Wildman–Crippen MR) is 168 cm³/mol. The van der Waals surface area contributed by atoms with Crippen LogP contribution in [0.2, 0.25) is 0 Å². The largest absolute Gasteiger partial charge is 0.394 e. The van der Waals surface area contributed by atoms with E-state index < -0.39 is 49.0 Å². The van der Waals surface area contributed by atoms with E-state index in [0.29, 0.717) is 18.3 Å². The average Bonchev–Trinajstić information content (AvgIpc) is 3.32. The first kappa shape index (κ1) is 34.7. The van der Waals surface area contributed by atoms with Gasteiger partial charge >= 0.3 is 0 Å². The van der Waals surface area contributed by atoms with Crippen LogP contribution in [0.3, 0.4) is 0 Å². The second-order valence-electron chi connectivity index (χ2n) is 17.3. The van der Waals surface area contributed by atoms with E-state index in [9.17, 15) is 30.6 Å². The first-order valence-corrected chi connectivity index (χ1v) is 17.3. The van der Waals surface area contributed by atoms with Crippen LogP contribution >= 0.6 is 0 Å². The molecule has 0 aromatic carbocycles. The van der Waals surface area contributed by atoms with Gasteiger partial charge < -0.3 is 40.1 Å². The van der Waals surface area contributed by atoms with Gasteiger partial charge in [0.05, 0.1) is 24.4 Å². The van der Waals surface area contributed by atoms with Crippen molar-refractivity contribution in [1.82, 2.24) is 0 Å². The molecule has 4 saturated carbocycles. The molecule has 0 aromatic rings. The molecule has 5 rings (SSSR count). The van der Waals surface area contributed by atoms with Crippen LogP contribution in [-0.2, 0) is 9.47 Å². The summed E-state index contributed by atoms with van der Waals surface area (Å²) in [5.41, 5.74) is 0.122. The number of hydrogen-bond donors (Lipinski definition) is 6. The molecule has 0 spiro atoms. The highest BCUT2D eigenvalue weighted by Crippen LogP contribution is 2.76. The molecule has 0 bridgehead atoms. The Balaban J connectivity index is 1.37. The van der Waals surface area contributed by atoms with Crippen molar-refractivity contribution in [3.8, 4) is 0 Å². The summed E-state index contributed by atoms with van der Waals surface area (Å²) < 4.78 is 12.2. The van der Waals surface area contributed by atoms with Crippen molar-refractivity contribution in [3.63, 3.8) is 0 Å². The number of aliphatic hydroxyl groups excluding tert-OH is 5. The first-order valence-electron chi connectivity index (χ1n) is 17.3. The molecule has 0 aromatic heterocycles. The Morgan fingerprint density at radius 3 is 2.18 bits per heavy atom. The van der Waals surface area contributed by atoms with Crippen molar-refractivity contribution in [1.29, 1.82) is 0 Å². The molecule has 0 radical (unpaired) electrons. The fourth-order valence-corrected chi connectivity index (χ4v) is 11.9. The van der Waals surface area contributed by atoms with Crippen LogP contribution in [0.1, 0.15) is 113 Å². The van der Waals surface area contributed by atoms with Gasteiger partial charge in [-0.2, -0.15) is 0 Å². The third-order valence-corrected chi connectivity index (χ3v) is 14.5. The molecular weight excluding hydrogens is 560 g/mol. The maximum absolute atomic E-state index is 12.0. The van der Waals surface area contributed by atoms with Gasteiger partial charge in [0.2, 0.25) is 0 Å². The fourth-order valence-electron chi connectivity index (χ4n) is 11.9. The summed E-state index contributed by atoms with van der Waals surface area (Å²) >= 11 is 0. The summed E-state index contributed by atoms with van der Waals surface area (Å²) in [5.74, 6) is 0.792. The number of fused-ring (bicyclic) bond motifs is 5. The van der Waals surface area contributed by atoms with Crippen LogP contribution in [0.25, 0.3) is 0 Å². The lowest BCUT2D eigenvalue weighted by molar-refractivity contribution is -0.332. The number of ether oxygens (including phenoxy) is 2. The molecule has 1 saturated heterocycles. The van der Waals surface area contributed by atoms with E-state index in [2.05, 4.69) is 54.5 Å². The maximum Gasteiger partial charge on any atom is 0.186 e. The fraction of sp³-hybridized carbons (Fsp3) is 0.944. The summed E-state index contributed by atoms with van der Waals surface area (Å²) in [6, 6.07) is 0. The molecule has 5 fully saturated rings. The van der Waals surface area contributed by atoms with Crippen LogP contribution in [0, 0.1) is 45.3 Å². The quantitative estimate of drug-likeness (QED) is 0.182. The summed E-state index contributed by atoms with van der Waals surface area (Å²) in [4.78, 5) is 0. The van der Waals surface area contributed by atoms with Crippen molar-refractivity contribution in [2.75, 3.05) is 6.61 Å². The Bertz CT molecular complexity index is 1070. The molecule has 8 nitrogen and oxygen atoms in total. The maximum atomic E-state index is 12.0. The third-order valence-electron chi connectivity index (χ3n) is 14.5. The average molecular weight is 623 g/mol. The minimum atomic E-state index is -1.46. The third kappa shape index (κ3) is 5.26. The van der Waals surface area contributed by atoms with Gasteiger partial charge in [0.25, 0.3) is 0 Å². The van der Waals surface area contributed by atoms with E-state index in [1.807, 2.05) is 6.92 Å². The van der Waals surface area contributed by atoms with Crippen molar-refractivity contribution in [3.05, 3.63) is 11.6 Å². The summed E-state index contributed by atoms with van der Waals surface area (Å²) in [7, 11) is 0. The number of aliphatic hydroxyl groups is 6. The molecule has 6 N–H and O–H groups in total. The zero-order chi connectivity index (χ0) is 32.6. The van der Waals surface area contributed by atoms with Gasteiger partial charge in [0, 0.05) is 0 Å². The molecule has 1 aliphatic heterocycles. The van der Waals surface area contributed by atoms with Gasteiger partial charge in [-0.05, 0) is 124 Å². The summed E-state index contributed by atoms with van der Waals surface area (Å²) in [6.45, 7) is 17.5. The Hall–Kier alpha value is -0.580. The highest BCUT2D eigenvalue weighted by atomic mass is 16.7. The lowest BCUT2D eigenvalue weighted by Crippen LogP contribution is -2.67. The predicted octanol–water partition coefficient (Wildman–Crippen LogP) is 4.32. The molecule has 5 aliphatic rings. The Morgan fingerprint density at radius 2 is 1.55 bits per heavy atom. The van der Waals surface area contributed by atoms with E-state index in [-0.39, 0.29) is 39.6 Å². The molecule has 15 atom stereocenters. The zero-order valence-electron chi connectivity index (χ0n) is 28.5. The smallest absolute Gasteiger partial charge is 0.186 e. The van der Waals surface area contributed by atoms with Gasteiger partial charge in [0.15, 0.2) is 6.29 Å². The minimum absolute atomic E-state index is 0.0231. The number of hydrogen-bond acceptors (Lipinski definition) is 8. The topological polar surface area (TPSA) is 140 Å². The normalized spacial score (nSPS) is 51.5. The van der Waals surface area contributed by atoms with E-state index >= 15 is 0 Å². The first-order chi connectivity index (χ1) is 20.3. The Morgan fingerprint density at radius 1 is 0.886 bits per heavy atom. The van der Waals surface area contributed by atoms with Crippen molar-refractivity contribution in [2.45, 2.75) is 162 Å². The van der Waals surface area contributed by atoms with E-state index in [1.54, 1.807) is 0 Å². The van der Waals surface area contributed by atoms with Gasteiger partial charge in [-0.3, -0.25) is 0 Å². The SMILES string of the molecule is CC(C)=CCC[C@](C)(O)[C@H]1CC[C@]2(C)C1[C@H](O)C[C@@H]1[C@@]3(C)CC[C@H](O[C@@H]4O[C@H](CO)[C@@H](O)[C@H](O)[C@@H]4O)C(C)(C)[C@H]3CC[C@]12C. The van der Waals surface area contributed by atoms with Crippen LogP contribution < -0.4 is 0 Å². The van der Waals surface area contributed by atoms with E-state index in [0.717, 1.165) is 51.4 Å². The number of allylic oxidation sites excluding steroid dienone is 2. The van der Waals surface area contributed by atoms with Crippen LogP contribution in [-0.4, -0.2) is 85.8 Å². The van der Waals surface area contributed by atoms with Crippen LogP contribution in [0.4, 0.5) is 0 Å². The molecule has 0 amide bonds. The Kier molecular flexibility index (Phi) is 9.35. The van der Waals surface area contributed by atoms with Gasteiger partial charge in [0.1, 0.15) is 24.4 Å². The molecule has 8 heteroatoms. The lowest BCUT2D eigenvalue weighted by atomic mass is 9.35. The second-order valence-corrected chi connectivity index (χ2v) is 17.3. The van der Waals surface area contributed by atoms with Gasteiger partial charge in [-0.1, -0.05) is 46.3 Å². The zero-order valence-corrected chi connectivity index (χ0v) is 28.5. The monoisotopic (exact) mass is 622 g/mol.